The Morgan fingerprint density at radius 1 is 0.810 bits per heavy atom. The van der Waals surface area contributed by atoms with Crippen molar-refractivity contribution in [2.45, 2.75) is 30.8 Å². The first-order valence-electron chi connectivity index (χ1n) is 13.2. The number of carbonyl (C=O) groups excluding carboxylic acids is 2. The number of anilines is 1. The van der Waals surface area contributed by atoms with Crippen LogP contribution in [-0.4, -0.2) is 44.8 Å². The fourth-order valence-corrected chi connectivity index (χ4v) is 6.79. The van der Waals surface area contributed by atoms with E-state index in [-0.39, 0.29) is 23.8 Å². The molecule has 1 atom stereocenters. The smallest absolute Gasteiger partial charge is 0.264 e. The fourth-order valence-electron chi connectivity index (χ4n) is 4.55. The van der Waals surface area contributed by atoms with Crippen molar-refractivity contribution in [2.24, 2.45) is 0 Å². The zero-order valence-electron chi connectivity index (χ0n) is 23.2. The lowest BCUT2D eigenvalue weighted by Crippen LogP contribution is -2.53. The molecule has 218 valence electrons. The summed E-state index contributed by atoms with van der Waals surface area (Å²) in [7, 11) is -2.62. The number of aryl methyl sites for hydroxylation is 1. The minimum absolute atomic E-state index is 0.0616. The van der Waals surface area contributed by atoms with Crippen molar-refractivity contribution in [3.05, 3.63) is 129 Å². The number of nitrogens with zero attached hydrogens (tertiary/aromatic N) is 2. The highest BCUT2D eigenvalue weighted by molar-refractivity contribution is 9.10. The number of hydrogen-bond donors (Lipinski definition) is 1. The van der Waals surface area contributed by atoms with Crippen molar-refractivity contribution in [1.82, 2.24) is 10.2 Å². The van der Waals surface area contributed by atoms with E-state index in [2.05, 4.69) is 37.2 Å². The van der Waals surface area contributed by atoms with Crippen molar-refractivity contribution in [1.29, 1.82) is 0 Å². The van der Waals surface area contributed by atoms with Gasteiger partial charge in [0.2, 0.25) is 11.8 Å². The standard InChI is InChI=1S/C32H31Br2N3O4S/c1-23-14-16-29(17-15-23)42(40,41)37(28-13-7-12-27(34)20-28)22-31(38)36(21-25-10-6-11-26(33)18-25)30(32(39)35-2)19-24-8-4-3-5-9-24/h3-18,20,30H,19,21-22H2,1-2H3,(H,35,39)/t30-/m0/s1. The largest absolute Gasteiger partial charge is 0.357 e. The summed E-state index contributed by atoms with van der Waals surface area (Å²) in [5.41, 5.74) is 2.89. The Kier molecular flexibility index (Phi) is 10.6. The molecule has 2 amide bonds. The molecule has 0 bridgehead atoms. The lowest BCUT2D eigenvalue weighted by Gasteiger charge is -2.33. The van der Waals surface area contributed by atoms with E-state index < -0.39 is 28.5 Å². The average molecular weight is 713 g/mol. The average Bonchev–Trinajstić information content (AvgIpc) is 2.98. The van der Waals surface area contributed by atoms with Gasteiger partial charge in [-0.25, -0.2) is 8.42 Å². The lowest BCUT2D eigenvalue weighted by molar-refractivity contribution is -0.139. The molecule has 0 saturated carbocycles. The van der Waals surface area contributed by atoms with Crippen molar-refractivity contribution in [3.8, 4) is 0 Å². The molecule has 4 rings (SSSR count). The molecule has 4 aromatic carbocycles. The van der Waals surface area contributed by atoms with E-state index in [0.717, 1.165) is 25.5 Å². The summed E-state index contributed by atoms with van der Waals surface area (Å²) >= 11 is 6.91. The van der Waals surface area contributed by atoms with Gasteiger partial charge in [0.15, 0.2) is 0 Å². The third-order valence-corrected chi connectivity index (χ3v) is 9.52. The molecule has 0 aromatic heterocycles. The molecule has 1 N–H and O–H groups in total. The minimum atomic E-state index is -4.15. The van der Waals surface area contributed by atoms with E-state index in [1.807, 2.05) is 61.5 Å². The fraction of sp³-hybridized carbons (Fsp3) is 0.188. The first-order valence-corrected chi connectivity index (χ1v) is 16.3. The number of nitrogens with one attached hydrogen (secondary N) is 1. The predicted octanol–water partition coefficient (Wildman–Crippen LogP) is 6.10. The van der Waals surface area contributed by atoms with Gasteiger partial charge in [-0.3, -0.25) is 13.9 Å². The summed E-state index contributed by atoms with van der Waals surface area (Å²) in [6.45, 7) is 1.46. The first-order chi connectivity index (χ1) is 20.1. The quantitative estimate of drug-likeness (QED) is 0.204. The van der Waals surface area contributed by atoms with Crippen LogP contribution in [0.15, 0.2) is 117 Å². The molecular formula is C32H31Br2N3O4S. The molecule has 0 aliphatic heterocycles. The predicted molar refractivity (Wildman–Crippen MR) is 173 cm³/mol. The van der Waals surface area contributed by atoms with Crippen LogP contribution in [0, 0.1) is 6.92 Å². The number of amides is 2. The highest BCUT2D eigenvalue weighted by atomic mass is 79.9. The van der Waals surface area contributed by atoms with Crippen LogP contribution in [0.2, 0.25) is 0 Å². The monoisotopic (exact) mass is 711 g/mol. The molecule has 0 unspecified atom stereocenters. The van der Waals surface area contributed by atoms with Crippen LogP contribution >= 0.6 is 31.9 Å². The van der Waals surface area contributed by atoms with Crippen LogP contribution < -0.4 is 9.62 Å². The Morgan fingerprint density at radius 2 is 1.43 bits per heavy atom. The van der Waals surface area contributed by atoms with E-state index in [9.17, 15) is 18.0 Å². The zero-order valence-corrected chi connectivity index (χ0v) is 27.2. The van der Waals surface area contributed by atoms with Crippen LogP contribution in [0.4, 0.5) is 5.69 Å². The Labute approximate surface area is 263 Å². The summed E-state index contributed by atoms with van der Waals surface area (Å²) in [6, 6.07) is 29.3. The second-order valence-corrected chi connectivity index (χ2v) is 13.5. The third-order valence-electron chi connectivity index (χ3n) is 6.74. The molecule has 0 heterocycles. The third kappa shape index (κ3) is 7.87. The van der Waals surface area contributed by atoms with Crippen LogP contribution in [0.5, 0.6) is 0 Å². The molecule has 0 aliphatic rings. The van der Waals surface area contributed by atoms with Gasteiger partial charge in [-0.05, 0) is 60.5 Å². The number of benzene rings is 4. The molecule has 7 nitrogen and oxygen atoms in total. The van der Waals surface area contributed by atoms with Gasteiger partial charge in [-0.1, -0.05) is 98.1 Å². The van der Waals surface area contributed by atoms with Crippen LogP contribution in [0.1, 0.15) is 16.7 Å². The van der Waals surface area contributed by atoms with Crippen molar-refractivity contribution in [2.75, 3.05) is 17.9 Å². The maximum Gasteiger partial charge on any atom is 0.264 e. The molecule has 4 aromatic rings. The van der Waals surface area contributed by atoms with Gasteiger partial charge in [0.1, 0.15) is 12.6 Å². The van der Waals surface area contributed by atoms with E-state index in [1.165, 1.54) is 24.1 Å². The van der Waals surface area contributed by atoms with Gasteiger partial charge >= 0.3 is 0 Å². The molecule has 0 fully saturated rings. The van der Waals surface area contributed by atoms with Crippen LogP contribution in [0.3, 0.4) is 0 Å². The van der Waals surface area contributed by atoms with Gasteiger partial charge in [0, 0.05) is 29.0 Å². The van der Waals surface area contributed by atoms with Gasteiger partial charge in [0.05, 0.1) is 10.6 Å². The molecular weight excluding hydrogens is 682 g/mol. The lowest BCUT2D eigenvalue weighted by atomic mass is 10.0. The van der Waals surface area contributed by atoms with E-state index in [0.29, 0.717) is 10.2 Å². The number of likely N-dealkylation sites (N-methyl/N-ethyl adjacent to an activating group) is 1. The zero-order chi connectivity index (χ0) is 30.3. The molecule has 0 saturated heterocycles. The molecule has 42 heavy (non-hydrogen) atoms. The maximum absolute atomic E-state index is 14.3. The maximum atomic E-state index is 14.3. The highest BCUT2D eigenvalue weighted by Crippen LogP contribution is 2.27. The van der Waals surface area contributed by atoms with Gasteiger partial charge in [-0.15, -0.1) is 0 Å². The number of sulfonamides is 1. The van der Waals surface area contributed by atoms with Crippen molar-refractivity contribution in [3.63, 3.8) is 0 Å². The first kappa shape index (κ1) is 31.5. The molecule has 0 spiro atoms. The Morgan fingerprint density at radius 3 is 2.05 bits per heavy atom. The summed E-state index contributed by atoms with van der Waals surface area (Å²) in [4.78, 5) is 29.1. The van der Waals surface area contributed by atoms with Crippen LogP contribution in [0.25, 0.3) is 0 Å². The van der Waals surface area contributed by atoms with Gasteiger partial charge < -0.3 is 10.2 Å². The second kappa shape index (κ2) is 14.1. The Hall–Kier alpha value is -3.47. The van der Waals surface area contributed by atoms with Gasteiger partial charge in [0.25, 0.3) is 10.0 Å². The summed E-state index contributed by atoms with van der Waals surface area (Å²) in [5, 5.41) is 2.69. The van der Waals surface area contributed by atoms with Crippen molar-refractivity contribution >= 4 is 59.4 Å². The van der Waals surface area contributed by atoms with Crippen LogP contribution in [-0.2, 0) is 32.6 Å². The Balaban J connectivity index is 1.79. The SMILES string of the molecule is CNC(=O)[C@H](Cc1ccccc1)N(Cc1cccc(Br)c1)C(=O)CN(c1cccc(Br)c1)S(=O)(=O)c1ccc(C)cc1. The van der Waals surface area contributed by atoms with Gasteiger partial charge in [-0.2, -0.15) is 0 Å². The van der Waals surface area contributed by atoms with E-state index in [4.69, 9.17) is 0 Å². The minimum Gasteiger partial charge on any atom is -0.357 e. The molecule has 10 heteroatoms. The number of carbonyl (C=O) groups is 2. The van der Waals surface area contributed by atoms with E-state index in [1.54, 1.807) is 36.4 Å². The second-order valence-electron chi connectivity index (χ2n) is 9.78. The number of rotatable bonds is 11. The highest BCUT2D eigenvalue weighted by Gasteiger charge is 2.34. The number of halogens is 2. The summed E-state index contributed by atoms with van der Waals surface area (Å²) in [5.74, 6) is -0.868. The number of hydrogen-bond acceptors (Lipinski definition) is 4. The van der Waals surface area contributed by atoms with E-state index >= 15 is 0 Å². The Bertz CT molecular complexity index is 1650. The topological polar surface area (TPSA) is 86.8 Å². The van der Waals surface area contributed by atoms with Crippen molar-refractivity contribution < 1.29 is 18.0 Å². The summed E-state index contributed by atoms with van der Waals surface area (Å²) < 4.78 is 30.6. The summed E-state index contributed by atoms with van der Waals surface area (Å²) in [6.07, 6.45) is 0.252. The molecule has 0 aliphatic carbocycles. The normalized spacial score (nSPS) is 11.9. The molecule has 0 radical (unpaired) electrons.